The summed E-state index contributed by atoms with van der Waals surface area (Å²) in [6.07, 6.45) is -4.10. The van der Waals surface area contributed by atoms with Crippen molar-refractivity contribution in [2.45, 2.75) is 75.4 Å². The molecule has 0 unspecified atom stereocenters. The van der Waals surface area contributed by atoms with Gasteiger partial charge in [0, 0.05) is 23.7 Å². The van der Waals surface area contributed by atoms with Crippen molar-refractivity contribution in [2.75, 3.05) is 7.11 Å². The number of benzene rings is 1. The van der Waals surface area contributed by atoms with E-state index < -0.39 is 34.9 Å². The lowest BCUT2D eigenvalue weighted by Crippen LogP contribution is -2.65. The van der Waals surface area contributed by atoms with Crippen molar-refractivity contribution in [3.8, 4) is 0 Å². The summed E-state index contributed by atoms with van der Waals surface area (Å²) in [6.45, 7) is 3.88. The first-order chi connectivity index (χ1) is 15.4. The minimum absolute atomic E-state index is 0.0113. The lowest BCUT2D eigenvalue weighted by molar-refractivity contribution is -0.289. The Hall–Kier alpha value is -2.19. The molecule has 0 radical (unpaired) electrons. The summed E-state index contributed by atoms with van der Waals surface area (Å²) < 4.78 is 53.2. The molecule has 5 nitrogen and oxygen atoms in total. The number of alkyl halides is 3. The van der Waals surface area contributed by atoms with Crippen LogP contribution in [0.15, 0.2) is 41.2 Å². The summed E-state index contributed by atoms with van der Waals surface area (Å²) in [4.78, 5) is 24.9. The van der Waals surface area contributed by atoms with Gasteiger partial charge in [-0.1, -0.05) is 44.2 Å². The standard InChI is InChI=1S/C25H29F3O5/c1-15-9-10-20(23(31)12-11-16(14-22(15,23)2)18-13-19(18)29)33-21(30)24(32-3,25(26,27)28)17-7-5-4-6-8-17/h4-8,13,15-16,20,31H,9-12,14H2,1-3H3/t15-,16+,20+,22+,23-,24-/m1/s1. The molecule has 2 aromatic carbocycles. The molecule has 4 rings (SSSR count). The van der Waals surface area contributed by atoms with Crippen LogP contribution in [0.2, 0.25) is 0 Å². The van der Waals surface area contributed by atoms with Crippen LogP contribution in [-0.2, 0) is 19.9 Å². The second kappa shape index (κ2) is 7.94. The van der Waals surface area contributed by atoms with E-state index in [1.165, 1.54) is 24.3 Å². The van der Waals surface area contributed by atoms with Crippen molar-refractivity contribution in [1.82, 2.24) is 0 Å². The quantitative estimate of drug-likeness (QED) is 0.663. The van der Waals surface area contributed by atoms with Gasteiger partial charge < -0.3 is 14.6 Å². The molecule has 6 atom stereocenters. The van der Waals surface area contributed by atoms with Crippen LogP contribution in [-0.4, -0.2) is 36.1 Å². The molecule has 2 aliphatic rings. The Bertz CT molecular complexity index is 1030. The zero-order valence-corrected chi connectivity index (χ0v) is 18.9. The third-order valence-electron chi connectivity index (χ3n) is 8.37. The van der Waals surface area contributed by atoms with E-state index in [-0.39, 0.29) is 35.7 Å². The molecular weight excluding hydrogens is 437 g/mol. The average Bonchev–Trinajstić information content (AvgIpc) is 3.49. The van der Waals surface area contributed by atoms with Gasteiger partial charge in [-0.2, -0.15) is 13.2 Å². The molecule has 2 fully saturated rings. The lowest BCUT2D eigenvalue weighted by atomic mass is 9.50. The largest absolute Gasteiger partial charge is 0.457 e. The van der Waals surface area contributed by atoms with E-state index in [0.29, 0.717) is 19.3 Å². The highest BCUT2D eigenvalue weighted by atomic mass is 19.4. The van der Waals surface area contributed by atoms with Crippen LogP contribution in [0.4, 0.5) is 13.2 Å². The number of hydrogen-bond acceptors (Lipinski definition) is 5. The van der Waals surface area contributed by atoms with Gasteiger partial charge in [0.1, 0.15) is 11.7 Å². The summed E-state index contributed by atoms with van der Waals surface area (Å²) in [7, 11) is 0.828. The Kier molecular flexibility index (Phi) is 5.77. The number of carbonyl (C=O) groups is 1. The van der Waals surface area contributed by atoms with Crippen LogP contribution in [0.25, 0.3) is 0 Å². The number of aliphatic hydroxyl groups is 1. The van der Waals surface area contributed by atoms with Crippen molar-refractivity contribution in [2.24, 2.45) is 11.3 Å². The van der Waals surface area contributed by atoms with E-state index in [1.54, 1.807) is 12.1 Å². The summed E-state index contributed by atoms with van der Waals surface area (Å²) >= 11 is 0. The van der Waals surface area contributed by atoms with E-state index in [2.05, 4.69) is 0 Å². The van der Waals surface area contributed by atoms with Crippen LogP contribution >= 0.6 is 0 Å². The molecule has 1 N–H and O–H groups in total. The fourth-order valence-corrected chi connectivity index (χ4v) is 6.03. The number of esters is 1. The minimum atomic E-state index is -5.08. The molecule has 33 heavy (non-hydrogen) atoms. The van der Waals surface area contributed by atoms with Gasteiger partial charge in [0.15, 0.2) is 5.43 Å². The van der Waals surface area contributed by atoms with E-state index in [0.717, 1.165) is 12.7 Å². The fourth-order valence-electron chi connectivity index (χ4n) is 6.03. The summed E-state index contributed by atoms with van der Waals surface area (Å²) in [6, 6.07) is 8.27. The van der Waals surface area contributed by atoms with Gasteiger partial charge in [-0.3, -0.25) is 4.79 Å². The highest BCUT2D eigenvalue weighted by molar-refractivity contribution is 5.83. The number of methoxy groups -OCH3 is 1. The first-order valence-electron chi connectivity index (χ1n) is 11.3. The molecule has 0 aliphatic heterocycles. The first kappa shape index (κ1) is 24.0. The second-order valence-corrected chi connectivity index (χ2v) is 9.87. The van der Waals surface area contributed by atoms with Crippen molar-refractivity contribution >= 4 is 5.97 Å². The molecule has 0 bridgehead atoms. The Labute approximate surface area is 190 Å². The third kappa shape index (κ3) is 3.53. The SMILES string of the molecule is CO[C@@](C(=O)O[C@H]1CC[C@@H](C)[C@]2(C)C[C@@H](c3cc3=O)CC[C@@]12O)(c1ccccc1)C(F)(F)F. The molecule has 0 heterocycles. The summed E-state index contributed by atoms with van der Waals surface area (Å²) in [5.74, 6) is -1.53. The smallest absolute Gasteiger partial charge is 0.432 e. The summed E-state index contributed by atoms with van der Waals surface area (Å²) in [5.41, 5.74) is -5.11. The van der Waals surface area contributed by atoms with Crippen LogP contribution in [0, 0.1) is 11.3 Å². The normalized spacial score (nSPS) is 34.5. The van der Waals surface area contributed by atoms with Gasteiger partial charge in [-0.15, -0.1) is 0 Å². The highest BCUT2D eigenvalue weighted by Crippen LogP contribution is 2.60. The van der Waals surface area contributed by atoms with Gasteiger partial charge in [0.25, 0.3) is 5.60 Å². The number of fused-ring (bicyclic) bond motifs is 1. The highest BCUT2D eigenvalue weighted by Gasteiger charge is 2.67. The maximum Gasteiger partial charge on any atom is 0.432 e. The average molecular weight is 466 g/mol. The molecular formula is C25H29F3O5. The van der Waals surface area contributed by atoms with Crippen molar-refractivity contribution in [3.05, 3.63) is 57.7 Å². The first-order valence-corrected chi connectivity index (χ1v) is 11.3. The van der Waals surface area contributed by atoms with E-state index >= 15 is 0 Å². The monoisotopic (exact) mass is 466 g/mol. The number of halogens is 3. The van der Waals surface area contributed by atoms with Crippen LogP contribution in [0.5, 0.6) is 0 Å². The number of rotatable bonds is 5. The van der Waals surface area contributed by atoms with Gasteiger partial charge in [0.2, 0.25) is 0 Å². The molecule has 2 aliphatic carbocycles. The zero-order chi connectivity index (χ0) is 24.2. The zero-order valence-electron chi connectivity index (χ0n) is 18.9. The molecule has 0 amide bonds. The van der Waals surface area contributed by atoms with Crippen LogP contribution in [0.3, 0.4) is 0 Å². The predicted molar refractivity (Wildman–Crippen MR) is 114 cm³/mol. The molecule has 0 aromatic heterocycles. The maximum atomic E-state index is 14.3. The van der Waals surface area contributed by atoms with E-state index in [1.807, 2.05) is 13.8 Å². The van der Waals surface area contributed by atoms with Crippen molar-refractivity contribution in [3.63, 3.8) is 0 Å². The number of ether oxygens (including phenoxy) is 2. The van der Waals surface area contributed by atoms with Crippen LogP contribution < -0.4 is 5.43 Å². The predicted octanol–water partition coefficient (Wildman–Crippen LogP) is 4.37. The Morgan fingerprint density at radius 3 is 2.33 bits per heavy atom. The molecule has 2 aromatic rings. The van der Waals surface area contributed by atoms with E-state index in [4.69, 9.17) is 9.47 Å². The lowest BCUT2D eigenvalue weighted by Gasteiger charge is -2.59. The number of hydrogen-bond donors (Lipinski definition) is 1. The molecule has 2 saturated carbocycles. The molecule has 180 valence electrons. The van der Waals surface area contributed by atoms with Crippen molar-refractivity contribution < 1.29 is 32.5 Å². The third-order valence-corrected chi connectivity index (χ3v) is 8.37. The van der Waals surface area contributed by atoms with E-state index in [9.17, 15) is 27.9 Å². The second-order valence-electron chi connectivity index (χ2n) is 9.87. The molecule has 0 saturated heterocycles. The van der Waals surface area contributed by atoms with Gasteiger partial charge in [-0.05, 0) is 50.0 Å². The van der Waals surface area contributed by atoms with Crippen molar-refractivity contribution in [1.29, 1.82) is 0 Å². The van der Waals surface area contributed by atoms with Gasteiger partial charge in [0.05, 0.1) is 0 Å². The maximum absolute atomic E-state index is 14.3. The Morgan fingerprint density at radius 2 is 1.79 bits per heavy atom. The fraction of sp³-hybridized carbons (Fsp3) is 0.600. The Morgan fingerprint density at radius 1 is 1.15 bits per heavy atom. The van der Waals surface area contributed by atoms with Crippen LogP contribution in [0.1, 0.15) is 63.0 Å². The molecule has 0 spiro atoms. The van der Waals surface area contributed by atoms with Gasteiger partial charge >= 0.3 is 12.1 Å². The minimum Gasteiger partial charge on any atom is -0.457 e. The molecule has 8 heteroatoms. The topological polar surface area (TPSA) is 72.8 Å². The van der Waals surface area contributed by atoms with Gasteiger partial charge in [-0.25, -0.2) is 4.79 Å². The Balaban J connectivity index is 1.66. The summed E-state index contributed by atoms with van der Waals surface area (Å²) in [5, 5.41) is 11.8. The number of carbonyl (C=O) groups excluding carboxylic acids is 1.